The topological polar surface area (TPSA) is 26.0 Å². The van der Waals surface area contributed by atoms with Crippen molar-refractivity contribution >= 4 is 27.3 Å². The van der Waals surface area contributed by atoms with E-state index < -0.39 is 18.4 Å². The Bertz CT molecular complexity index is 157. The average Bonchev–Trinajstić information content (AvgIpc) is 2.10. The summed E-state index contributed by atoms with van der Waals surface area (Å²) in [4.78, 5) is 0. The number of hydrogen-bond acceptors (Lipinski definition) is 2. The Hall–Kier alpha value is 0.169. The Morgan fingerprint density at radius 2 is 2.00 bits per heavy atom. The van der Waals surface area contributed by atoms with Crippen molar-refractivity contribution in [1.82, 2.24) is 0 Å². The third kappa shape index (κ3) is 6.85. The third-order valence-electron chi connectivity index (χ3n) is 1.26. The van der Waals surface area contributed by atoms with E-state index in [-0.39, 0.29) is 0 Å². The van der Waals surface area contributed by atoms with E-state index in [1.54, 1.807) is 6.20 Å². The van der Waals surface area contributed by atoms with Crippen LogP contribution in [0, 0.1) is 0 Å². The maximum absolute atomic E-state index is 5.30. The van der Waals surface area contributed by atoms with E-state index in [1.165, 1.54) is 8.87 Å². The summed E-state index contributed by atoms with van der Waals surface area (Å²) in [5.74, 6) is 1.08. The van der Waals surface area contributed by atoms with Gasteiger partial charge in [0.15, 0.2) is 0 Å². The van der Waals surface area contributed by atoms with Crippen molar-refractivity contribution in [3.8, 4) is 0 Å². The van der Waals surface area contributed by atoms with E-state index in [4.69, 9.17) is 5.73 Å². The molecule has 67 valence electrons. The van der Waals surface area contributed by atoms with Gasteiger partial charge in [0.2, 0.25) is 0 Å². The molecule has 0 unspecified atom stereocenters. The minimum atomic E-state index is -1.25. The minimum absolute atomic E-state index is 1.08. The van der Waals surface area contributed by atoms with E-state index >= 15 is 0 Å². The molecular weight excluding hydrogens is 273 g/mol. The van der Waals surface area contributed by atoms with E-state index in [1.807, 2.05) is 12.2 Å². The van der Waals surface area contributed by atoms with Crippen molar-refractivity contribution in [3.63, 3.8) is 0 Å². The van der Waals surface area contributed by atoms with Gasteiger partial charge in [0.05, 0.1) is 0 Å². The van der Waals surface area contributed by atoms with E-state index in [0.29, 0.717) is 0 Å². The monoisotopic (exact) mass is 290 g/mol. The fourth-order valence-corrected chi connectivity index (χ4v) is 10.3. The van der Waals surface area contributed by atoms with Gasteiger partial charge in [-0.1, -0.05) is 0 Å². The molecule has 0 aromatic carbocycles. The third-order valence-corrected chi connectivity index (χ3v) is 13.3. The number of allylic oxidation sites excluding steroid dienone is 2. The van der Waals surface area contributed by atoms with Crippen molar-refractivity contribution < 1.29 is 0 Å². The zero-order valence-corrected chi connectivity index (χ0v) is 11.0. The normalized spacial score (nSPS) is 10.8. The molecule has 0 amide bonds. The molecule has 0 fully saturated rings. The molecule has 0 aromatic heterocycles. The summed E-state index contributed by atoms with van der Waals surface area (Å²) in [7, 11) is 2.09. The predicted octanol–water partition coefficient (Wildman–Crippen LogP) is 2.56. The summed E-state index contributed by atoms with van der Waals surface area (Å²) >= 11 is -1.25. The van der Waals surface area contributed by atoms with Gasteiger partial charge in [-0.25, -0.2) is 0 Å². The van der Waals surface area contributed by atoms with Crippen LogP contribution in [-0.2, 0) is 0 Å². The summed E-state index contributed by atoms with van der Waals surface area (Å²) < 4.78 is 2.44. The SMILES string of the molecule is C=CC[S][Sn]([CH2]C=C)[CH2]C=CN. The fraction of sp³-hybridized carbons (Fsp3) is 0.333. The molecule has 0 spiro atoms. The molecule has 0 aromatic rings. The van der Waals surface area contributed by atoms with Gasteiger partial charge in [-0.15, -0.1) is 0 Å². The predicted molar refractivity (Wildman–Crippen MR) is 61.5 cm³/mol. The second kappa shape index (κ2) is 9.26. The van der Waals surface area contributed by atoms with E-state index in [2.05, 4.69) is 28.2 Å². The van der Waals surface area contributed by atoms with Crippen molar-refractivity contribution in [2.45, 2.75) is 8.87 Å². The quantitative estimate of drug-likeness (QED) is 0.576. The van der Waals surface area contributed by atoms with Crippen LogP contribution in [0.15, 0.2) is 37.6 Å². The molecule has 0 saturated carbocycles. The summed E-state index contributed by atoms with van der Waals surface area (Å²) in [6.07, 6.45) is 7.74. The number of hydrogen-bond donors (Lipinski definition) is 1. The molecule has 0 rings (SSSR count). The molecule has 2 N–H and O–H groups in total. The van der Waals surface area contributed by atoms with Crippen LogP contribution < -0.4 is 5.73 Å². The zero-order valence-electron chi connectivity index (χ0n) is 7.33. The molecule has 0 aliphatic carbocycles. The van der Waals surface area contributed by atoms with Gasteiger partial charge in [-0.3, -0.25) is 0 Å². The fourth-order valence-electron chi connectivity index (χ4n) is 0.738. The number of rotatable bonds is 7. The molecule has 0 heterocycles. The molecule has 0 atom stereocenters. The molecule has 1 radical (unpaired) electrons. The average molecular weight is 289 g/mol. The Morgan fingerprint density at radius 1 is 1.25 bits per heavy atom. The van der Waals surface area contributed by atoms with Crippen LogP contribution in [-0.4, -0.2) is 24.1 Å². The molecule has 12 heavy (non-hydrogen) atoms. The standard InChI is InChI=1S/C3H6N.C3H6S.C3H5.Sn/c2*1-2-3-4;1-3-2;/h2-3H,1,4H2;2,4H,1,3H2;3H,1-2H2;/q;;;+1/p-1. The van der Waals surface area contributed by atoms with Gasteiger partial charge >= 0.3 is 85.3 Å². The van der Waals surface area contributed by atoms with Crippen LogP contribution in [0.2, 0.25) is 8.87 Å². The van der Waals surface area contributed by atoms with Gasteiger partial charge in [0.1, 0.15) is 0 Å². The molecular formula is C9H16NSSn. The Kier molecular flexibility index (Phi) is 9.39. The Labute approximate surface area is 85.0 Å². The van der Waals surface area contributed by atoms with Crippen LogP contribution >= 0.6 is 8.95 Å². The summed E-state index contributed by atoms with van der Waals surface area (Å²) in [5.41, 5.74) is 5.30. The second-order valence-electron chi connectivity index (χ2n) is 2.26. The first-order valence-corrected chi connectivity index (χ1v) is 12.4. The van der Waals surface area contributed by atoms with Gasteiger partial charge in [0.25, 0.3) is 0 Å². The molecule has 0 aliphatic heterocycles. The summed E-state index contributed by atoms with van der Waals surface area (Å²) in [6, 6.07) is 0. The Morgan fingerprint density at radius 3 is 2.50 bits per heavy atom. The molecule has 0 aliphatic rings. The molecule has 3 heteroatoms. The van der Waals surface area contributed by atoms with Crippen molar-refractivity contribution in [2.24, 2.45) is 5.73 Å². The van der Waals surface area contributed by atoms with Gasteiger partial charge in [-0.05, 0) is 0 Å². The van der Waals surface area contributed by atoms with E-state index in [9.17, 15) is 0 Å². The summed E-state index contributed by atoms with van der Waals surface area (Å²) in [6.45, 7) is 7.49. The van der Waals surface area contributed by atoms with Crippen molar-refractivity contribution in [3.05, 3.63) is 37.6 Å². The maximum atomic E-state index is 5.30. The number of nitrogens with two attached hydrogens (primary N) is 1. The second-order valence-corrected chi connectivity index (χ2v) is 14.6. The first-order valence-electron chi connectivity index (χ1n) is 3.91. The molecule has 0 bridgehead atoms. The van der Waals surface area contributed by atoms with Crippen LogP contribution in [0.25, 0.3) is 0 Å². The van der Waals surface area contributed by atoms with Gasteiger partial charge in [-0.2, -0.15) is 0 Å². The van der Waals surface area contributed by atoms with Gasteiger partial charge in [0, 0.05) is 0 Å². The van der Waals surface area contributed by atoms with Crippen LogP contribution in [0.4, 0.5) is 0 Å². The van der Waals surface area contributed by atoms with E-state index in [0.717, 1.165) is 5.75 Å². The molecule has 1 nitrogen and oxygen atoms in total. The Balaban J connectivity index is 3.67. The first kappa shape index (κ1) is 12.2. The summed E-state index contributed by atoms with van der Waals surface area (Å²) in [5, 5.41) is 0. The van der Waals surface area contributed by atoms with Crippen LogP contribution in [0.5, 0.6) is 0 Å². The van der Waals surface area contributed by atoms with Gasteiger partial charge < -0.3 is 0 Å². The first-order chi connectivity index (χ1) is 5.85. The van der Waals surface area contributed by atoms with Crippen LogP contribution in [0.1, 0.15) is 0 Å². The van der Waals surface area contributed by atoms with Crippen molar-refractivity contribution in [1.29, 1.82) is 0 Å². The van der Waals surface area contributed by atoms with Crippen LogP contribution in [0.3, 0.4) is 0 Å². The van der Waals surface area contributed by atoms with Crippen molar-refractivity contribution in [2.75, 3.05) is 5.75 Å². The zero-order chi connectivity index (χ0) is 9.23. The molecule has 0 saturated heterocycles.